The quantitative estimate of drug-likeness (QED) is 0.742. The van der Waals surface area contributed by atoms with E-state index in [4.69, 9.17) is 37.3 Å². The molecular formula is C15H22ClN3O4. The summed E-state index contributed by atoms with van der Waals surface area (Å²) < 4.78 is 16.2. The van der Waals surface area contributed by atoms with Gasteiger partial charge in [-0.05, 0) is 17.7 Å². The van der Waals surface area contributed by atoms with Crippen LogP contribution in [-0.2, 0) is 16.1 Å². The van der Waals surface area contributed by atoms with E-state index >= 15 is 0 Å². The van der Waals surface area contributed by atoms with Crippen molar-refractivity contribution >= 4 is 17.5 Å². The molecule has 1 saturated heterocycles. The van der Waals surface area contributed by atoms with Gasteiger partial charge in [-0.2, -0.15) is 0 Å². The molecule has 1 amide bonds. The zero-order valence-corrected chi connectivity index (χ0v) is 13.8. The Bertz CT molecular complexity index is 556. The third kappa shape index (κ3) is 4.97. The predicted molar refractivity (Wildman–Crippen MR) is 86.8 cm³/mol. The number of rotatable bonds is 7. The van der Waals surface area contributed by atoms with Crippen molar-refractivity contribution in [3.63, 3.8) is 0 Å². The highest BCUT2D eigenvalue weighted by Gasteiger charge is 2.20. The Balaban J connectivity index is 2.10. The molecule has 1 aromatic rings. The van der Waals surface area contributed by atoms with E-state index in [0.29, 0.717) is 36.2 Å². The van der Waals surface area contributed by atoms with Gasteiger partial charge >= 0.3 is 0 Å². The van der Waals surface area contributed by atoms with Gasteiger partial charge in [0.25, 0.3) is 5.91 Å². The number of methoxy groups -OCH3 is 1. The van der Waals surface area contributed by atoms with E-state index in [1.165, 1.54) is 7.11 Å². The number of morpholine rings is 1. The Morgan fingerprint density at radius 1 is 1.52 bits per heavy atom. The minimum Gasteiger partial charge on any atom is -0.493 e. The molecule has 23 heavy (non-hydrogen) atoms. The molecule has 1 fully saturated rings. The van der Waals surface area contributed by atoms with Crippen LogP contribution in [0.1, 0.15) is 5.56 Å². The topological polar surface area (TPSA) is 100 Å². The molecule has 7 nitrogen and oxygen atoms in total. The van der Waals surface area contributed by atoms with Crippen LogP contribution in [0.3, 0.4) is 0 Å². The highest BCUT2D eigenvalue weighted by molar-refractivity contribution is 6.32. The second-order valence-electron chi connectivity index (χ2n) is 5.33. The predicted octanol–water partition coefficient (Wildman–Crippen LogP) is 0.372. The molecule has 1 heterocycles. The molecule has 1 aromatic carbocycles. The number of nitrogens with two attached hydrogens (primary N) is 2. The highest BCUT2D eigenvalue weighted by atomic mass is 35.5. The van der Waals surface area contributed by atoms with E-state index in [2.05, 4.69) is 4.90 Å². The lowest BCUT2D eigenvalue weighted by molar-refractivity contribution is -0.119. The molecule has 0 aliphatic carbocycles. The maximum absolute atomic E-state index is 10.9. The number of primary amides is 1. The van der Waals surface area contributed by atoms with Crippen LogP contribution in [0, 0.1) is 0 Å². The molecule has 8 heteroatoms. The van der Waals surface area contributed by atoms with Crippen molar-refractivity contribution in [2.45, 2.75) is 12.6 Å². The minimum absolute atomic E-state index is 0.0549. The number of ether oxygens (including phenoxy) is 3. The minimum atomic E-state index is -0.576. The summed E-state index contributed by atoms with van der Waals surface area (Å²) in [6, 6.07) is 3.64. The maximum atomic E-state index is 10.9. The first-order chi connectivity index (χ1) is 11.0. The zero-order valence-electron chi connectivity index (χ0n) is 13.1. The number of hydrogen-bond acceptors (Lipinski definition) is 6. The highest BCUT2D eigenvalue weighted by Crippen LogP contribution is 2.36. The summed E-state index contributed by atoms with van der Waals surface area (Å²) in [5.41, 5.74) is 11.7. The van der Waals surface area contributed by atoms with E-state index in [-0.39, 0.29) is 12.7 Å². The van der Waals surface area contributed by atoms with Crippen molar-refractivity contribution in [3.8, 4) is 11.5 Å². The van der Waals surface area contributed by atoms with Crippen LogP contribution in [0.5, 0.6) is 11.5 Å². The second-order valence-corrected chi connectivity index (χ2v) is 5.73. The normalized spacial score (nSPS) is 18.7. The van der Waals surface area contributed by atoms with E-state index < -0.39 is 5.91 Å². The summed E-state index contributed by atoms with van der Waals surface area (Å²) in [5.74, 6) is 0.212. The lowest BCUT2D eigenvalue weighted by Crippen LogP contribution is -2.45. The van der Waals surface area contributed by atoms with E-state index in [1.54, 1.807) is 6.07 Å². The molecule has 2 rings (SSSR count). The van der Waals surface area contributed by atoms with Crippen LogP contribution in [0.2, 0.25) is 5.02 Å². The lowest BCUT2D eigenvalue weighted by Gasteiger charge is -2.32. The van der Waals surface area contributed by atoms with Gasteiger partial charge in [0.15, 0.2) is 18.1 Å². The molecule has 0 spiro atoms. The average Bonchev–Trinajstić information content (AvgIpc) is 2.53. The van der Waals surface area contributed by atoms with Crippen molar-refractivity contribution in [1.82, 2.24) is 4.90 Å². The molecule has 1 atom stereocenters. The largest absolute Gasteiger partial charge is 0.493 e. The van der Waals surface area contributed by atoms with Gasteiger partial charge < -0.3 is 25.7 Å². The smallest absolute Gasteiger partial charge is 0.255 e. The molecule has 0 bridgehead atoms. The average molecular weight is 344 g/mol. The number of hydrogen-bond donors (Lipinski definition) is 2. The molecular weight excluding hydrogens is 322 g/mol. The second kappa shape index (κ2) is 8.35. The summed E-state index contributed by atoms with van der Waals surface area (Å²) in [4.78, 5) is 13.1. The molecule has 4 N–H and O–H groups in total. The van der Waals surface area contributed by atoms with Gasteiger partial charge in [-0.15, -0.1) is 0 Å². The number of carbonyl (C=O) groups is 1. The van der Waals surface area contributed by atoms with Gasteiger partial charge in [-0.1, -0.05) is 11.6 Å². The molecule has 1 aliphatic rings. The number of halogens is 1. The number of nitrogens with zero attached hydrogens (tertiary/aromatic N) is 1. The van der Waals surface area contributed by atoms with Crippen LogP contribution in [-0.4, -0.2) is 56.9 Å². The summed E-state index contributed by atoms with van der Waals surface area (Å²) in [6.07, 6.45) is 0.0549. The third-order valence-corrected chi connectivity index (χ3v) is 3.82. The van der Waals surface area contributed by atoms with Gasteiger partial charge in [0, 0.05) is 26.2 Å². The molecule has 0 saturated carbocycles. The van der Waals surface area contributed by atoms with Crippen LogP contribution in [0.15, 0.2) is 12.1 Å². The van der Waals surface area contributed by atoms with Gasteiger partial charge in [0.2, 0.25) is 0 Å². The fraction of sp³-hybridized carbons (Fsp3) is 0.533. The first kappa shape index (κ1) is 17.8. The standard InChI is InChI=1S/C15H22ClN3O4/c1-21-13-5-10(4-12(16)15(13)23-9-14(18)20)7-19-2-3-22-11(6-17)8-19/h4-5,11H,2-3,6-9,17H2,1H3,(H2,18,20). The summed E-state index contributed by atoms with van der Waals surface area (Å²) in [7, 11) is 1.52. The summed E-state index contributed by atoms with van der Waals surface area (Å²) >= 11 is 6.25. The number of carbonyl (C=O) groups excluding carboxylic acids is 1. The van der Waals surface area contributed by atoms with Crippen LogP contribution in [0.4, 0.5) is 0 Å². The van der Waals surface area contributed by atoms with Crippen molar-refractivity contribution < 1.29 is 19.0 Å². The Kier molecular flexibility index (Phi) is 6.47. The van der Waals surface area contributed by atoms with Crippen molar-refractivity contribution in [1.29, 1.82) is 0 Å². The zero-order chi connectivity index (χ0) is 16.8. The van der Waals surface area contributed by atoms with Gasteiger partial charge in [-0.25, -0.2) is 0 Å². The van der Waals surface area contributed by atoms with E-state index in [1.807, 2.05) is 6.07 Å². The number of benzene rings is 1. The monoisotopic (exact) mass is 343 g/mol. The Hall–Kier alpha value is -1.54. The first-order valence-corrected chi connectivity index (χ1v) is 7.72. The lowest BCUT2D eigenvalue weighted by atomic mass is 10.1. The molecule has 1 unspecified atom stereocenters. The molecule has 128 valence electrons. The van der Waals surface area contributed by atoms with E-state index in [0.717, 1.165) is 18.7 Å². The Morgan fingerprint density at radius 3 is 2.96 bits per heavy atom. The third-order valence-electron chi connectivity index (χ3n) is 3.54. The Labute approximate surface area is 140 Å². The van der Waals surface area contributed by atoms with Gasteiger partial charge in [0.1, 0.15) is 0 Å². The van der Waals surface area contributed by atoms with Crippen LogP contribution in [0.25, 0.3) is 0 Å². The van der Waals surface area contributed by atoms with Gasteiger partial charge in [0.05, 0.1) is 24.8 Å². The van der Waals surface area contributed by atoms with Crippen LogP contribution >= 0.6 is 11.6 Å². The van der Waals surface area contributed by atoms with Crippen molar-refractivity contribution in [2.75, 3.05) is 40.0 Å². The first-order valence-electron chi connectivity index (χ1n) is 7.35. The summed E-state index contributed by atoms with van der Waals surface area (Å²) in [6.45, 7) is 3.21. The van der Waals surface area contributed by atoms with E-state index in [9.17, 15) is 4.79 Å². The number of amides is 1. The SMILES string of the molecule is COc1cc(CN2CCOC(CN)C2)cc(Cl)c1OCC(N)=O. The van der Waals surface area contributed by atoms with Crippen molar-refractivity contribution in [3.05, 3.63) is 22.7 Å². The maximum Gasteiger partial charge on any atom is 0.255 e. The fourth-order valence-electron chi connectivity index (χ4n) is 2.47. The van der Waals surface area contributed by atoms with Crippen molar-refractivity contribution in [2.24, 2.45) is 11.5 Å². The van der Waals surface area contributed by atoms with Gasteiger partial charge in [-0.3, -0.25) is 9.69 Å². The molecule has 0 radical (unpaired) electrons. The van der Waals surface area contributed by atoms with Crippen LogP contribution < -0.4 is 20.9 Å². The molecule has 1 aliphatic heterocycles. The Morgan fingerprint density at radius 2 is 2.30 bits per heavy atom. The fourth-order valence-corrected chi connectivity index (χ4v) is 2.76. The summed E-state index contributed by atoms with van der Waals surface area (Å²) in [5, 5.41) is 0.379. The molecule has 0 aromatic heterocycles.